The van der Waals surface area contributed by atoms with Crippen molar-refractivity contribution in [1.82, 2.24) is 0 Å². The predicted molar refractivity (Wildman–Crippen MR) is 64.2 cm³/mol. The molecule has 0 spiro atoms. The summed E-state index contributed by atoms with van der Waals surface area (Å²) in [6.45, 7) is 1.16. The highest BCUT2D eigenvalue weighted by molar-refractivity contribution is 6.65. The average molecular weight is 252 g/mol. The largest absolute Gasteiger partial charge is 0.421 e. The molecule has 88 valence electrons. The van der Waals surface area contributed by atoms with E-state index in [0.717, 1.165) is 6.92 Å². The van der Waals surface area contributed by atoms with E-state index in [-0.39, 0.29) is 0 Å². The van der Waals surface area contributed by atoms with E-state index in [1.54, 1.807) is 24.3 Å². The van der Waals surface area contributed by atoms with Crippen LogP contribution >= 0.6 is 11.6 Å². The maximum absolute atomic E-state index is 11.8. The number of ketones is 1. The quantitative estimate of drug-likeness (QED) is 0.354. The van der Waals surface area contributed by atoms with Gasteiger partial charge in [0.25, 0.3) is 0 Å². The third-order valence-electron chi connectivity index (χ3n) is 2.15. The Balaban J connectivity index is 3.01. The van der Waals surface area contributed by atoms with Gasteiger partial charge in [0.1, 0.15) is 0 Å². The molecule has 0 radical (unpaired) electrons. The molecule has 0 fully saturated rings. The molecule has 1 rings (SSSR count). The predicted octanol–water partition coefficient (Wildman–Crippen LogP) is 1.56. The fourth-order valence-electron chi connectivity index (χ4n) is 1.20. The number of nitrogens with zero attached hydrogens (tertiary/aromatic N) is 3. The molecule has 17 heavy (non-hydrogen) atoms. The van der Waals surface area contributed by atoms with Crippen molar-refractivity contribution in [3.05, 3.63) is 34.8 Å². The molecule has 0 atom stereocenters. The SMILES string of the molecule is CC(=O)C(=[N+]=[N-])C(=O)N(C)c1ccc(Cl)cc1. The highest BCUT2D eigenvalue weighted by Crippen LogP contribution is 2.16. The molecule has 0 saturated carbocycles. The van der Waals surface area contributed by atoms with Gasteiger partial charge in [0.15, 0.2) is 0 Å². The van der Waals surface area contributed by atoms with Crippen molar-refractivity contribution in [2.75, 3.05) is 11.9 Å². The molecule has 0 N–H and O–H groups in total. The number of halogens is 1. The summed E-state index contributed by atoms with van der Waals surface area (Å²) in [7, 11) is 1.47. The molecule has 0 bridgehead atoms. The van der Waals surface area contributed by atoms with E-state index in [0.29, 0.717) is 10.7 Å². The van der Waals surface area contributed by atoms with E-state index in [2.05, 4.69) is 4.79 Å². The average Bonchev–Trinajstić information content (AvgIpc) is 2.29. The summed E-state index contributed by atoms with van der Waals surface area (Å²) in [6, 6.07) is 6.47. The monoisotopic (exact) mass is 251 g/mol. The molecule has 0 aliphatic heterocycles. The first kappa shape index (κ1) is 13.1. The van der Waals surface area contributed by atoms with Crippen molar-refractivity contribution >= 4 is 34.7 Å². The molecule has 6 heteroatoms. The Morgan fingerprint density at radius 3 is 2.24 bits per heavy atom. The zero-order valence-electron chi connectivity index (χ0n) is 9.35. The Morgan fingerprint density at radius 1 is 1.29 bits per heavy atom. The summed E-state index contributed by atoms with van der Waals surface area (Å²) in [4.78, 5) is 26.7. The summed E-state index contributed by atoms with van der Waals surface area (Å²) in [5.41, 5.74) is 8.64. The van der Waals surface area contributed by atoms with Gasteiger partial charge >= 0.3 is 11.6 Å². The van der Waals surface area contributed by atoms with E-state index in [1.165, 1.54) is 11.9 Å². The summed E-state index contributed by atoms with van der Waals surface area (Å²) in [6.07, 6.45) is 0. The smallest absolute Gasteiger partial charge is 0.360 e. The van der Waals surface area contributed by atoms with Gasteiger partial charge in [-0.3, -0.25) is 9.59 Å². The highest BCUT2D eigenvalue weighted by atomic mass is 35.5. The van der Waals surface area contributed by atoms with E-state index in [9.17, 15) is 9.59 Å². The summed E-state index contributed by atoms with van der Waals surface area (Å²) in [5.74, 6) is -1.28. The van der Waals surface area contributed by atoms with Crippen LogP contribution in [0.4, 0.5) is 5.69 Å². The van der Waals surface area contributed by atoms with Crippen molar-refractivity contribution in [1.29, 1.82) is 0 Å². The Morgan fingerprint density at radius 2 is 1.82 bits per heavy atom. The molecule has 5 nitrogen and oxygen atoms in total. The van der Waals surface area contributed by atoms with Crippen molar-refractivity contribution in [3.63, 3.8) is 0 Å². The number of hydrogen-bond acceptors (Lipinski definition) is 2. The summed E-state index contributed by atoms with van der Waals surface area (Å²) in [5, 5.41) is 0.539. The number of carbonyl (C=O) groups excluding carboxylic acids is 2. The van der Waals surface area contributed by atoms with Gasteiger partial charge in [-0.2, -0.15) is 4.79 Å². The third-order valence-corrected chi connectivity index (χ3v) is 2.41. The Hall–Kier alpha value is -1.97. The van der Waals surface area contributed by atoms with Crippen molar-refractivity contribution in [3.8, 4) is 0 Å². The van der Waals surface area contributed by atoms with Crippen LogP contribution in [0.5, 0.6) is 0 Å². The maximum Gasteiger partial charge on any atom is 0.421 e. The Kier molecular flexibility index (Phi) is 4.15. The van der Waals surface area contributed by atoms with Gasteiger partial charge in [-0.05, 0) is 24.3 Å². The molecule has 1 aromatic rings. The van der Waals surface area contributed by atoms with E-state index < -0.39 is 17.4 Å². The zero-order chi connectivity index (χ0) is 13.0. The van der Waals surface area contributed by atoms with Crippen molar-refractivity contribution < 1.29 is 14.4 Å². The van der Waals surface area contributed by atoms with E-state index in [4.69, 9.17) is 17.1 Å². The number of anilines is 1. The third kappa shape index (κ3) is 3.00. The number of rotatable bonds is 3. The van der Waals surface area contributed by atoms with Gasteiger partial charge < -0.3 is 10.4 Å². The molecule has 1 amide bonds. The number of amides is 1. The topological polar surface area (TPSA) is 73.8 Å². The molecular weight excluding hydrogens is 242 g/mol. The molecule has 0 aliphatic rings. The molecule has 1 aromatic carbocycles. The lowest BCUT2D eigenvalue weighted by molar-refractivity contribution is -0.122. The minimum atomic E-state index is -0.678. The first-order chi connectivity index (χ1) is 7.97. The molecule has 0 heterocycles. The standard InChI is InChI=1S/C11H10ClN3O2/c1-7(16)10(14-13)11(17)15(2)9-5-3-8(12)4-6-9/h3-6H,1-2H3. The number of Topliss-reactive ketones (excluding diaryl/α,β-unsaturated/α-hetero) is 1. The van der Waals surface area contributed by atoms with Gasteiger partial charge in [0.05, 0.1) is 0 Å². The first-order valence-corrected chi connectivity index (χ1v) is 5.11. The van der Waals surface area contributed by atoms with E-state index >= 15 is 0 Å². The highest BCUT2D eigenvalue weighted by Gasteiger charge is 2.29. The normalized spacial score (nSPS) is 9.35. The van der Waals surface area contributed by atoms with Gasteiger partial charge in [-0.25, -0.2) is 0 Å². The van der Waals surface area contributed by atoms with Gasteiger partial charge in [-0.1, -0.05) is 11.6 Å². The van der Waals surface area contributed by atoms with Crippen LogP contribution < -0.4 is 4.90 Å². The van der Waals surface area contributed by atoms with Crippen molar-refractivity contribution in [2.24, 2.45) is 0 Å². The zero-order valence-corrected chi connectivity index (χ0v) is 10.1. The minimum Gasteiger partial charge on any atom is -0.360 e. The Labute approximate surface area is 103 Å². The van der Waals surface area contributed by atoms with E-state index in [1.807, 2.05) is 0 Å². The van der Waals surface area contributed by atoms with Crippen LogP contribution in [0.3, 0.4) is 0 Å². The lowest BCUT2D eigenvalue weighted by Gasteiger charge is -2.14. The Bertz CT molecular complexity index is 504. The number of hydrogen-bond donors (Lipinski definition) is 0. The second kappa shape index (κ2) is 5.39. The lowest BCUT2D eigenvalue weighted by atomic mass is 10.2. The van der Waals surface area contributed by atoms with Gasteiger partial charge in [0.2, 0.25) is 5.78 Å². The van der Waals surface area contributed by atoms with Gasteiger partial charge in [-0.15, -0.1) is 0 Å². The van der Waals surface area contributed by atoms with Crippen LogP contribution in [0.1, 0.15) is 6.92 Å². The fourth-order valence-corrected chi connectivity index (χ4v) is 1.33. The minimum absolute atomic E-state index is 0.512. The second-order valence-corrected chi connectivity index (χ2v) is 3.78. The number of carbonyl (C=O) groups is 2. The second-order valence-electron chi connectivity index (χ2n) is 3.35. The molecular formula is C11H10ClN3O2. The van der Waals surface area contributed by atoms with Crippen molar-refractivity contribution in [2.45, 2.75) is 6.92 Å². The fraction of sp³-hybridized carbons (Fsp3) is 0.182. The lowest BCUT2D eigenvalue weighted by Crippen LogP contribution is -2.37. The summed E-state index contributed by atoms with van der Waals surface area (Å²) < 4.78 is 0. The molecule has 0 aromatic heterocycles. The maximum atomic E-state index is 11.8. The number of benzene rings is 1. The van der Waals surface area contributed by atoms with Gasteiger partial charge in [0, 0.05) is 24.7 Å². The first-order valence-electron chi connectivity index (χ1n) is 4.74. The molecule has 0 unspecified atom stereocenters. The van der Waals surface area contributed by atoms with Crippen LogP contribution in [0.2, 0.25) is 5.02 Å². The summed E-state index contributed by atoms with van der Waals surface area (Å²) >= 11 is 5.71. The molecule has 0 aliphatic carbocycles. The van der Waals surface area contributed by atoms with Crippen LogP contribution in [0, 0.1) is 0 Å². The van der Waals surface area contributed by atoms with Crippen LogP contribution in [0.25, 0.3) is 5.53 Å². The van der Waals surface area contributed by atoms with Crippen LogP contribution in [-0.4, -0.2) is 29.2 Å². The van der Waals surface area contributed by atoms with Crippen LogP contribution in [-0.2, 0) is 9.59 Å². The van der Waals surface area contributed by atoms with Crippen LogP contribution in [0.15, 0.2) is 24.3 Å². The molecule has 0 saturated heterocycles.